The fourth-order valence-electron chi connectivity index (χ4n) is 2.52. The fraction of sp³-hybridized carbons (Fsp3) is 0.533. The highest BCUT2D eigenvalue weighted by Crippen LogP contribution is 2.17. The predicted molar refractivity (Wildman–Crippen MR) is 69.7 cm³/mol. The van der Waals surface area contributed by atoms with E-state index >= 15 is 0 Å². The van der Waals surface area contributed by atoms with Gasteiger partial charge in [-0.2, -0.15) is 0 Å². The zero-order valence-electron chi connectivity index (χ0n) is 10.9. The number of hydrogen-bond donors (Lipinski definition) is 0. The van der Waals surface area contributed by atoms with Crippen molar-refractivity contribution in [1.82, 2.24) is 4.90 Å². The first-order valence-corrected chi connectivity index (χ1v) is 6.68. The fourth-order valence-corrected chi connectivity index (χ4v) is 2.52. The van der Waals surface area contributed by atoms with Crippen molar-refractivity contribution in [3.05, 3.63) is 35.6 Å². The molecule has 1 heterocycles. The van der Waals surface area contributed by atoms with Crippen molar-refractivity contribution >= 4 is 5.91 Å². The summed E-state index contributed by atoms with van der Waals surface area (Å²) in [7, 11) is 0. The average molecular weight is 249 g/mol. The Labute approximate surface area is 108 Å². The molecule has 3 heteroatoms. The van der Waals surface area contributed by atoms with Crippen LogP contribution in [-0.2, 0) is 11.2 Å². The number of carbonyl (C=O) groups is 1. The lowest BCUT2D eigenvalue weighted by Gasteiger charge is -2.31. The number of likely N-dealkylation sites (tertiary alicyclic amines) is 1. The van der Waals surface area contributed by atoms with E-state index < -0.39 is 0 Å². The average Bonchev–Trinajstić information content (AvgIpc) is 2.37. The molecule has 18 heavy (non-hydrogen) atoms. The molecule has 1 fully saturated rings. The molecule has 1 amide bonds. The quantitative estimate of drug-likeness (QED) is 0.806. The third-order valence-electron chi connectivity index (χ3n) is 3.58. The summed E-state index contributed by atoms with van der Waals surface area (Å²) < 4.78 is 13.4. The van der Waals surface area contributed by atoms with Crippen molar-refractivity contribution in [1.29, 1.82) is 0 Å². The van der Waals surface area contributed by atoms with Crippen molar-refractivity contribution in [2.75, 3.05) is 13.1 Å². The molecule has 1 aromatic carbocycles. The van der Waals surface area contributed by atoms with Crippen LogP contribution in [0.4, 0.5) is 4.39 Å². The lowest BCUT2D eigenvalue weighted by molar-refractivity contribution is -0.132. The molecule has 0 N–H and O–H groups in total. The summed E-state index contributed by atoms with van der Waals surface area (Å²) in [4.78, 5) is 14.0. The van der Waals surface area contributed by atoms with Crippen LogP contribution in [0.3, 0.4) is 0 Å². The Balaban J connectivity index is 1.86. The van der Waals surface area contributed by atoms with Crippen LogP contribution >= 0.6 is 0 Å². The minimum absolute atomic E-state index is 0.157. The molecule has 2 rings (SSSR count). The van der Waals surface area contributed by atoms with Gasteiger partial charge in [0.1, 0.15) is 5.82 Å². The van der Waals surface area contributed by atoms with Crippen molar-refractivity contribution in [2.24, 2.45) is 5.92 Å². The number of piperidine rings is 1. The maximum atomic E-state index is 13.4. The second-order valence-electron chi connectivity index (χ2n) is 5.18. The Hall–Kier alpha value is -1.38. The van der Waals surface area contributed by atoms with E-state index in [4.69, 9.17) is 0 Å². The van der Waals surface area contributed by atoms with Crippen LogP contribution in [0, 0.1) is 11.7 Å². The third-order valence-corrected chi connectivity index (χ3v) is 3.58. The van der Waals surface area contributed by atoms with Gasteiger partial charge in [0.2, 0.25) is 5.91 Å². The van der Waals surface area contributed by atoms with E-state index in [0.717, 1.165) is 19.5 Å². The minimum Gasteiger partial charge on any atom is -0.342 e. The highest BCUT2D eigenvalue weighted by molar-refractivity contribution is 5.76. The maximum absolute atomic E-state index is 13.4. The summed E-state index contributed by atoms with van der Waals surface area (Å²) >= 11 is 0. The highest BCUT2D eigenvalue weighted by Gasteiger charge is 2.20. The topological polar surface area (TPSA) is 20.3 Å². The molecule has 1 unspecified atom stereocenters. The Morgan fingerprint density at radius 3 is 2.94 bits per heavy atom. The summed E-state index contributed by atoms with van der Waals surface area (Å²) in [5.74, 6) is 0.540. The summed E-state index contributed by atoms with van der Waals surface area (Å²) in [5.41, 5.74) is 0.635. The Kier molecular flexibility index (Phi) is 4.34. The smallest absolute Gasteiger partial charge is 0.222 e. The molecule has 1 aliphatic heterocycles. The van der Waals surface area contributed by atoms with Crippen LogP contribution in [0.5, 0.6) is 0 Å². The van der Waals surface area contributed by atoms with Gasteiger partial charge in [0.15, 0.2) is 0 Å². The zero-order valence-corrected chi connectivity index (χ0v) is 10.9. The van der Waals surface area contributed by atoms with Crippen LogP contribution in [0.1, 0.15) is 31.7 Å². The predicted octanol–water partition coefficient (Wildman–Crippen LogP) is 3.02. The first-order chi connectivity index (χ1) is 8.66. The van der Waals surface area contributed by atoms with Crippen LogP contribution in [-0.4, -0.2) is 23.9 Å². The molecule has 1 aromatic rings. The van der Waals surface area contributed by atoms with Gasteiger partial charge >= 0.3 is 0 Å². The largest absolute Gasteiger partial charge is 0.342 e. The number of hydrogen-bond acceptors (Lipinski definition) is 1. The van der Waals surface area contributed by atoms with Crippen molar-refractivity contribution in [3.8, 4) is 0 Å². The Bertz CT molecular complexity index is 419. The van der Waals surface area contributed by atoms with Crippen molar-refractivity contribution in [3.63, 3.8) is 0 Å². The lowest BCUT2D eigenvalue weighted by atomic mass is 9.99. The zero-order chi connectivity index (χ0) is 13.0. The molecule has 0 bridgehead atoms. The van der Waals surface area contributed by atoms with Crippen LogP contribution in [0.2, 0.25) is 0 Å². The summed E-state index contributed by atoms with van der Waals surface area (Å²) in [5, 5.41) is 0. The Morgan fingerprint density at radius 1 is 1.44 bits per heavy atom. The van der Waals surface area contributed by atoms with E-state index in [1.54, 1.807) is 12.1 Å². The SMILES string of the molecule is CC1CCCN(C(=O)CCc2ccccc2F)C1. The third kappa shape index (κ3) is 3.31. The molecule has 98 valence electrons. The van der Waals surface area contributed by atoms with Gasteiger partial charge in [-0.15, -0.1) is 0 Å². The minimum atomic E-state index is -0.211. The number of amides is 1. The number of benzene rings is 1. The first-order valence-electron chi connectivity index (χ1n) is 6.68. The molecule has 0 radical (unpaired) electrons. The van der Waals surface area contributed by atoms with Gasteiger partial charge in [-0.25, -0.2) is 4.39 Å². The summed E-state index contributed by atoms with van der Waals surface area (Å²) in [6.45, 7) is 3.90. The molecular formula is C15H20FNO. The number of aryl methyl sites for hydroxylation is 1. The first kappa shape index (κ1) is 13.1. The normalized spacial score (nSPS) is 19.9. The van der Waals surface area contributed by atoms with Crippen molar-refractivity contribution in [2.45, 2.75) is 32.6 Å². The highest BCUT2D eigenvalue weighted by atomic mass is 19.1. The molecule has 1 saturated heterocycles. The van der Waals surface area contributed by atoms with Gasteiger partial charge in [0.05, 0.1) is 0 Å². The van der Waals surface area contributed by atoms with Crippen LogP contribution in [0.25, 0.3) is 0 Å². The molecule has 1 atom stereocenters. The second kappa shape index (κ2) is 5.98. The maximum Gasteiger partial charge on any atom is 0.222 e. The number of rotatable bonds is 3. The van der Waals surface area contributed by atoms with E-state index in [1.165, 1.54) is 12.5 Å². The van der Waals surface area contributed by atoms with E-state index in [-0.39, 0.29) is 11.7 Å². The molecule has 1 aliphatic rings. The molecule has 0 aromatic heterocycles. The summed E-state index contributed by atoms with van der Waals surface area (Å²) in [6, 6.07) is 6.68. The van der Waals surface area contributed by atoms with Gasteiger partial charge < -0.3 is 4.90 Å². The van der Waals surface area contributed by atoms with Gasteiger partial charge in [-0.05, 0) is 36.8 Å². The van der Waals surface area contributed by atoms with Gasteiger partial charge in [0.25, 0.3) is 0 Å². The number of nitrogens with zero attached hydrogens (tertiary/aromatic N) is 1. The molecule has 0 spiro atoms. The standard InChI is InChI=1S/C15H20FNO/c1-12-5-4-10-17(11-12)15(18)9-8-13-6-2-3-7-14(13)16/h2-3,6-7,12H,4-5,8-11H2,1H3. The Morgan fingerprint density at radius 2 is 2.22 bits per heavy atom. The molecule has 0 saturated carbocycles. The van der Waals surface area contributed by atoms with E-state index in [0.29, 0.717) is 24.3 Å². The molecule has 2 nitrogen and oxygen atoms in total. The van der Waals surface area contributed by atoms with Crippen molar-refractivity contribution < 1.29 is 9.18 Å². The summed E-state index contributed by atoms with van der Waals surface area (Å²) in [6.07, 6.45) is 3.20. The van der Waals surface area contributed by atoms with Gasteiger partial charge in [-0.1, -0.05) is 25.1 Å². The van der Waals surface area contributed by atoms with Crippen LogP contribution in [0.15, 0.2) is 24.3 Å². The van der Waals surface area contributed by atoms with E-state index in [2.05, 4.69) is 6.92 Å². The lowest BCUT2D eigenvalue weighted by Crippen LogP contribution is -2.39. The molecular weight excluding hydrogens is 229 g/mol. The van der Waals surface area contributed by atoms with Gasteiger partial charge in [-0.3, -0.25) is 4.79 Å². The number of carbonyl (C=O) groups excluding carboxylic acids is 1. The van der Waals surface area contributed by atoms with E-state index in [9.17, 15) is 9.18 Å². The monoisotopic (exact) mass is 249 g/mol. The molecule has 0 aliphatic carbocycles. The second-order valence-corrected chi connectivity index (χ2v) is 5.18. The number of halogens is 1. The van der Waals surface area contributed by atoms with Gasteiger partial charge in [0, 0.05) is 19.5 Å². The van der Waals surface area contributed by atoms with Crippen LogP contribution < -0.4 is 0 Å². The van der Waals surface area contributed by atoms with E-state index in [1.807, 2.05) is 11.0 Å².